The number of hydrogen-bond donors (Lipinski definition) is 0. The first-order chi connectivity index (χ1) is 19.4. The van der Waals surface area contributed by atoms with Gasteiger partial charge in [-0.25, -0.2) is 0 Å². The van der Waals surface area contributed by atoms with Crippen molar-refractivity contribution >= 4 is 43.1 Å². The van der Waals surface area contributed by atoms with E-state index >= 15 is 0 Å². The van der Waals surface area contributed by atoms with E-state index in [2.05, 4.69) is 173 Å². The van der Waals surface area contributed by atoms with E-state index in [0.717, 1.165) is 0 Å². The van der Waals surface area contributed by atoms with Crippen LogP contribution in [0.1, 0.15) is 22.3 Å². The minimum absolute atomic E-state index is 0. The fourth-order valence-electron chi connectivity index (χ4n) is 4.98. The van der Waals surface area contributed by atoms with Gasteiger partial charge in [0.15, 0.2) is 0 Å². The Balaban J connectivity index is 0.000000285. The predicted molar refractivity (Wildman–Crippen MR) is 177 cm³/mol. The van der Waals surface area contributed by atoms with Crippen LogP contribution in [0.15, 0.2) is 146 Å². The van der Waals surface area contributed by atoms with Crippen molar-refractivity contribution in [3.05, 3.63) is 168 Å². The summed E-state index contributed by atoms with van der Waals surface area (Å²) in [6.45, 7) is 8.47. The molecule has 0 aliphatic carbocycles. The Kier molecular flexibility index (Phi) is 17.4. The molecule has 0 atom stereocenters. The van der Waals surface area contributed by atoms with E-state index in [9.17, 15) is 0 Å². The molecule has 0 nitrogen and oxygen atoms in total. The molecule has 0 aromatic heterocycles. The van der Waals surface area contributed by atoms with Crippen LogP contribution in [0.4, 0.5) is 0 Å². The number of hydrogen-bond acceptors (Lipinski definition) is 0. The van der Waals surface area contributed by atoms with E-state index in [4.69, 9.17) is 0 Å². The third-order valence-corrected chi connectivity index (χ3v) is 7.18. The third-order valence-electron chi connectivity index (χ3n) is 7.18. The Bertz CT molecular complexity index is 1680. The average Bonchev–Trinajstić information content (AvgIpc) is 3.75. The SMILES string of the molecule is Cc1ccc2[cH-]ccc2c1.Cc1ccc2[cH-]ccc2c1.Cc1ccc2[cH-]ccc2c1.Cc1ccc2[cH-]ccc2c1.[Cl-].[Cl-].[Zr+2].[Zr+2]. The summed E-state index contributed by atoms with van der Waals surface area (Å²) in [7, 11) is 0. The van der Waals surface area contributed by atoms with Gasteiger partial charge < -0.3 is 24.8 Å². The molecule has 0 N–H and O–H groups in total. The van der Waals surface area contributed by atoms with Crippen LogP contribution in [0.2, 0.25) is 0 Å². The maximum atomic E-state index is 2.20. The average molecular weight is 770 g/mol. The predicted octanol–water partition coefficient (Wildman–Crippen LogP) is 5.47. The first-order valence-electron chi connectivity index (χ1n) is 13.9. The van der Waals surface area contributed by atoms with Crippen LogP contribution in [0, 0.1) is 27.7 Å². The fraction of sp³-hybridized carbons (Fsp3) is 0.100. The molecule has 0 heterocycles. The van der Waals surface area contributed by atoms with Crippen LogP contribution in [0.3, 0.4) is 0 Å². The first-order valence-corrected chi connectivity index (χ1v) is 13.9. The maximum absolute atomic E-state index is 2.20. The standard InChI is InChI=1S/4C10H9.2ClH.2Zr/c4*1-8-5-6-9-3-2-4-10(9)7-8;;;;/h4*2-7H,1H3;2*1H;;/q4*-1;;;2*+2/p-2. The minimum atomic E-state index is 0. The molecule has 0 aliphatic rings. The molecule has 0 amide bonds. The Hall–Kier alpha value is -2.33. The van der Waals surface area contributed by atoms with Gasteiger partial charge in [-0.3, -0.25) is 0 Å². The van der Waals surface area contributed by atoms with Gasteiger partial charge in [-0.2, -0.15) is 70.1 Å². The van der Waals surface area contributed by atoms with Crippen molar-refractivity contribution in [2.24, 2.45) is 0 Å². The van der Waals surface area contributed by atoms with Crippen molar-refractivity contribution in [2.45, 2.75) is 27.7 Å². The summed E-state index contributed by atoms with van der Waals surface area (Å²) in [6.07, 6.45) is 0. The van der Waals surface area contributed by atoms with Crippen molar-refractivity contribution in [1.29, 1.82) is 0 Å². The normalized spacial score (nSPS) is 9.55. The molecule has 44 heavy (non-hydrogen) atoms. The molecular formula is C40H36Cl2Zr2-2. The molecule has 0 bridgehead atoms. The van der Waals surface area contributed by atoms with Gasteiger partial charge >= 0.3 is 52.4 Å². The van der Waals surface area contributed by atoms with Crippen LogP contribution in [-0.2, 0) is 52.4 Å². The summed E-state index contributed by atoms with van der Waals surface area (Å²) >= 11 is 0. The molecule has 0 unspecified atom stereocenters. The molecule has 0 saturated carbocycles. The van der Waals surface area contributed by atoms with Crippen LogP contribution < -0.4 is 24.8 Å². The van der Waals surface area contributed by atoms with E-state index in [0.29, 0.717) is 0 Å². The molecule has 0 aliphatic heterocycles. The van der Waals surface area contributed by atoms with E-state index in [1.165, 1.54) is 65.3 Å². The van der Waals surface area contributed by atoms with Gasteiger partial charge in [-0.15, -0.1) is 119 Å². The Labute approximate surface area is 313 Å². The molecule has 0 saturated heterocycles. The zero-order valence-corrected chi connectivity index (χ0v) is 32.0. The maximum Gasteiger partial charge on any atom is 2.00 e. The van der Waals surface area contributed by atoms with E-state index in [-0.39, 0.29) is 77.2 Å². The van der Waals surface area contributed by atoms with Crippen molar-refractivity contribution in [2.75, 3.05) is 0 Å². The molecule has 220 valence electrons. The second-order valence-corrected chi connectivity index (χ2v) is 10.6. The molecular weight excluding hydrogens is 734 g/mol. The number of benzene rings is 4. The van der Waals surface area contributed by atoms with E-state index in [1.54, 1.807) is 0 Å². The Morgan fingerprint density at radius 2 is 0.523 bits per heavy atom. The van der Waals surface area contributed by atoms with Crippen molar-refractivity contribution in [3.8, 4) is 0 Å². The molecule has 4 heteroatoms. The Morgan fingerprint density at radius 3 is 0.727 bits per heavy atom. The molecule has 0 spiro atoms. The van der Waals surface area contributed by atoms with E-state index in [1.807, 2.05) is 0 Å². The molecule has 8 aromatic rings. The van der Waals surface area contributed by atoms with Gasteiger partial charge in [0, 0.05) is 0 Å². The van der Waals surface area contributed by atoms with Crippen LogP contribution in [0.5, 0.6) is 0 Å². The van der Waals surface area contributed by atoms with Gasteiger partial charge in [-0.05, 0) is 27.7 Å². The summed E-state index contributed by atoms with van der Waals surface area (Å²) in [4.78, 5) is 0. The number of halogens is 2. The van der Waals surface area contributed by atoms with Gasteiger partial charge in [0.05, 0.1) is 0 Å². The molecule has 8 rings (SSSR count). The van der Waals surface area contributed by atoms with Crippen molar-refractivity contribution in [1.82, 2.24) is 0 Å². The number of fused-ring (bicyclic) bond motifs is 4. The summed E-state index contributed by atoms with van der Waals surface area (Å²) in [5.41, 5.74) is 5.33. The fourth-order valence-corrected chi connectivity index (χ4v) is 4.98. The first kappa shape index (κ1) is 39.7. The summed E-state index contributed by atoms with van der Waals surface area (Å²) in [5, 5.41) is 10.7. The van der Waals surface area contributed by atoms with Gasteiger partial charge in [0.25, 0.3) is 0 Å². The second-order valence-electron chi connectivity index (χ2n) is 10.6. The second kappa shape index (κ2) is 19.2. The number of rotatable bonds is 0. The van der Waals surface area contributed by atoms with Crippen molar-refractivity contribution < 1.29 is 77.2 Å². The summed E-state index contributed by atoms with van der Waals surface area (Å²) in [6, 6.07) is 51.5. The largest absolute Gasteiger partial charge is 2.00 e. The summed E-state index contributed by atoms with van der Waals surface area (Å²) in [5.74, 6) is 0. The van der Waals surface area contributed by atoms with Gasteiger partial charge in [0.2, 0.25) is 0 Å². The van der Waals surface area contributed by atoms with Gasteiger partial charge in [-0.1, -0.05) is 22.3 Å². The van der Waals surface area contributed by atoms with Crippen LogP contribution >= 0.6 is 0 Å². The van der Waals surface area contributed by atoms with E-state index < -0.39 is 0 Å². The molecule has 0 fully saturated rings. The van der Waals surface area contributed by atoms with Crippen LogP contribution in [-0.4, -0.2) is 0 Å². The monoisotopic (exact) mass is 766 g/mol. The van der Waals surface area contributed by atoms with Gasteiger partial charge in [0.1, 0.15) is 0 Å². The number of aryl methyl sites for hydroxylation is 4. The third kappa shape index (κ3) is 10.9. The molecule has 8 aromatic carbocycles. The Morgan fingerprint density at radius 1 is 0.318 bits per heavy atom. The van der Waals surface area contributed by atoms with Crippen LogP contribution in [0.25, 0.3) is 43.1 Å². The van der Waals surface area contributed by atoms with Crippen molar-refractivity contribution in [3.63, 3.8) is 0 Å². The molecule has 0 radical (unpaired) electrons. The zero-order chi connectivity index (χ0) is 27.9. The quantitative estimate of drug-likeness (QED) is 0.180. The topological polar surface area (TPSA) is 0 Å². The zero-order valence-electron chi connectivity index (χ0n) is 25.6. The summed E-state index contributed by atoms with van der Waals surface area (Å²) < 4.78 is 0. The minimum Gasteiger partial charge on any atom is -1.00 e. The smallest absolute Gasteiger partial charge is 1.00 e.